The summed E-state index contributed by atoms with van der Waals surface area (Å²) < 4.78 is 18.6. The van der Waals surface area contributed by atoms with Gasteiger partial charge in [-0.25, -0.2) is 0 Å². The lowest BCUT2D eigenvalue weighted by Crippen LogP contribution is -2.07. The summed E-state index contributed by atoms with van der Waals surface area (Å²) in [7, 11) is 0. The number of benzene rings is 1. The molecule has 0 radical (unpaired) electrons. The third-order valence-electron chi connectivity index (χ3n) is 5.12. The van der Waals surface area contributed by atoms with Gasteiger partial charge < -0.3 is 18.5 Å². The highest BCUT2D eigenvalue weighted by Gasteiger charge is 2.19. The molecule has 1 aliphatic rings. The number of hydrogen-bond acceptors (Lipinski definition) is 8. The Bertz CT molecular complexity index is 1240. The van der Waals surface area contributed by atoms with Crippen LogP contribution < -0.4 is 9.47 Å². The summed E-state index contributed by atoms with van der Waals surface area (Å²) in [5.74, 6) is 2.27. The van der Waals surface area contributed by atoms with Crippen LogP contribution in [0, 0.1) is 13.8 Å². The maximum absolute atomic E-state index is 12.9. The Morgan fingerprint density at radius 3 is 2.87 bits per heavy atom. The highest BCUT2D eigenvalue weighted by molar-refractivity contribution is 7.99. The molecule has 0 aliphatic carbocycles. The quantitative estimate of drug-likeness (QED) is 0.289. The number of aryl methyl sites for hydroxylation is 1. The second kappa shape index (κ2) is 8.24. The molecule has 0 saturated carbocycles. The number of carbonyl (C=O) groups is 1. The Balaban J connectivity index is 1.28. The minimum atomic E-state index is 0.0333. The predicted octanol–water partition coefficient (Wildman–Crippen LogP) is 4.97. The fraction of sp³-hybridized carbons (Fsp3) is 0.227. The number of hydrogen-bond donors (Lipinski definition) is 0. The molecule has 0 bridgehead atoms. The highest BCUT2D eigenvalue weighted by Crippen LogP contribution is 2.33. The topological polar surface area (TPSA) is 79.4 Å². The van der Waals surface area contributed by atoms with Gasteiger partial charge in [0.1, 0.15) is 0 Å². The van der Waals surface area contributed by atoms with Crippen molar-refractivity contribution in [2.24, 2.45) is 0 Å². The van der Waals surface area contributed by atoms with E-state index in [2.05, 4.69) is 14.8 Å². The summed E-state index contributed by atoms with van der Waals surface area (Å²) in [6, 6.07) is 11.7. The van der Waals surface area contributed by atoms with Crippen molar-refractivity contribution < 1.29 is 18.7 Å². The van der Waals surface area contributed by atoms with Crippen molar-refractivity contribution >= 4 is 28.9 Å². The first-order valence-electron chi connectivity index (χ1n) is 9.67. The first kappa shape index (κ1) is 19.9. The standard InChI is InChI=1S/C22H19N3O4S2/c1-13-8-16(14(2)25(13)10-15-5-6-18-19(9-15)28-12-27-18)17(26)11-31-22-24-23-21(29-22)20-4-3-7-30-20/h3-9H,10-12H2,1-2H3. The normalized spacial score (nSPS) is 12.5. The molecule has 9 heteroatoms. The van der Waals surface area contributed by atoms with E-state index in [1.54, 1.807) is 0 Å². The van der Waals surface area contributed by atoms with Crippen LogP contribution in [0.25, 0.3) is 10.8 Å². The Hall–Kier alpha value is -3.04. The zero-order valence-corrected chi connectivity index (χ0v) is 18.6. The van der Waals surface area contributed by atoms with Gasteiger partial charge in [0.15, 0.2) is 17.3 Å². The van der Waals surface area contributed by atoms with Crippen molar-refractivity contribution in [3.8, 4) is 22.3 Å². The number of thiophene rings is 1. The number of nitrogens with zero attached hydrogens (tertiary/aromatic N) is 3. The minimum absolute atomic E-state index is 0.0333. The third kappa shape index (κ3) is 3.98. The number of thioether (sulfide) groups is 1. The molecule has 1 aromatic carbocycles. The lowest BCUT2D eigenvalue weighted by atomic mass is 10.1. The Labute approximate surface area is 187 Å². The SMILES string of the molecule is Cc1cc(C(=O)CSc2nnc(-c3cccs3)o2)c(C)n1Cc1ccc2c(c1)OCO2. The van der Waals surface area contributed by atoms with E-state index in [4.69, 9.17) is 13.9 Å². The molecule has 0 atom stereocenters. The molecule has 31 heavy (non-hydrogen) atoms. The zero-order valence-electron chi connectivity index (χ0n) is 17.0. The smallest absolute Gasteiger partial charge is 0.277 e. The van der Waals surface area contributed by atoms with E-state index >= 15 is 0 Å². The number of carbonyl (C=O) groups excluding carboxylic acids is 1. The highest BCUT2D eigenvalue weighted by atomic mass is 32.2. The van der Waals surface area contributed by atoms with Crippen molar-refractivity contribution in [1.29, 1.82) is 0 Å². The predicted molar refractivity (Wildman–Crippen MR) is 118 cm³/mol. The average molecular weight is 454 g/mol. The molecule has 7 nitrogen and oxygen atoms in total. The molecule has 0 saturated heterocycles. The number of aromatic nitrogens is 3. The molecule has 4 aromatic rings. The van der Waals surface area contributed by atoms with Crippen LogP contribution in [-0.4, -0.2) is 33.1 Å². The van der Waals surface area contributed by atoms with Crippen molar-refractivity contribution in [2.75, 3.05) is 12.5 Å². The number of ether oxygens (including phenoxy) is 2. The summed E-state index contributed by atoms with van der Waals surface area (Å²) in [5, 5.41) is 10.4. The summed E-state index contributed by atoms with van der Waals surface area (Å²) in [6.45, 7) is 4.89. The molecule has 0 N–H and O–H groups in total. The number of Topliss-reactive ketones (excluding diaryl/α,β-unsaturated/α-hetero) is 1. The fourth-order valence-electron chi connectivity index (χ4n) is 3.52. The van der Waals surface area contributed by atoms with Gasteiger partial charge in [0.2, 0.25) is 6.79 Å². The van der Waals surface area contributed by atoms with Gasteiger partial charge in [0, 0.05) is 23.5 Å². The monoisotopic (exact) mass is 453 g/mol. The Morgan fingerprint density at radius 2 is 2.03 bits per heavy atom. The largest absolute Gasteiger partial charge is 0.454 e. The van der Waals surface area contributed by atoms with Crippen molar-refractivity contribution in [2.45, 2.75) is 25.6 Å². The van der Waals surface area contributed by atoms with E-state index in [0.717, 1.165) is 33.3 Å². The number of ketones is 1. The second-order valence-electron chi connectivity index (χ2n) is 7.12. The molecule has 4 heterocycles. The first-order valence-corrected chi connectivity index (χ1v) is 11.5. The number of fused-ring (bicyclic) bond motifs is 1. The third-order valence-corrected chi connectivity index (χ3v) is 6.79. The average Bonchev–Trinajstić information content (AvgIpc) is 3.56. The van der Waals surface area contributed by atoms with Gasteiger partial charge in [-0.3, -0.25) is 4.79 Å². The maximum atomic E-state index is 12.9. The van der Waals surface area contributed by atoms with Gasteiger partial charge >= 0.3 is 0 Å². The van der Waals surface area contributed by atoms with Crippen LogP contribution in [0.15, 0.2) is 51.4 Å². The van der Waals surface area contributed by atoms with E-state index < -0.39 is 0 Å². The molecular weight excluding hydrogens is 434 g/mol. The zero-order chi connectivity index (χ0) is 21.4. The second-order valence-corrected chi connectivity index (χ2v) is 9.00. The molecule has 0 unspecified atom stereocenters. The van der Waals surface area contributed by atoms with Crippen LogP contribution in [-0.2, 0) is 6.54 Å². The fourth-order valence-corrected chi connectivity index (χ4v) is 4.81. The molecule has 1 aliphatic heterocycles. The first-order chi connectivity index (χ1) is 15.1. The van der Waals surface area contributed by atoms with Crippen LogP contribution in [0.3, 0.4) is 0 Å². The molecule has 0 amide bonds. The summed E-state index contributed by atoms with van der Waals surface area (Å²) in [5.41, 5.74) is 3.77. The van der Waals surface area contributed by atoms with Gasteiger partial charge in [-0.2, -0.15) is 0 Å². The van der Waals surface area contributed by atoms with Crippen LogP contribution in [0.2, 0.25) is 0 Å². The van der Waals surface area contributed by atoms with Gasteiger partial charge in [0.25, 0.3) is 11.1 Å². The lowest BCUT2D eigenvalue weighted by molar-refractivity contribution is 0.102. The molecule has 0 fully saturated rings. The van der Waals surface area contributed by atoms with Gasteiger partial charge in [0.05, 0.1) is 10.6 Å². The lowest BCUT2D eigenvalue weighted by Gasteiger charge is -2.10. The summed E-state index contributed by atoms with van der Waals surface area (Å²) in [4.78, 5) is 13.8. The maximum Gasteiger partial charge on any atom is 0.277 e. The van der Waals surface area contributed by atoms with E-state index in [9.17, 15) is 4.79 Å². The number of rotatable bonds is 7. The van der Waals surface area contributed by atoms with E-state index in [0.29, 0.717) is 23.2 Å². The van der Waals surface area contributed by atoms with E-state index in [1.165, 1.54) is 23.1 Å². The Morgan fingerprint density at radius 1 is 1.16 bits per heavy atom. The molecule has 158 valence electrons. The van der Waals surface area contributed by atoms with Crippen molar-refractivity contribution in [3.63, 3.8) is 0 Å². The van der Waals surface area contributed by atoms with E-state index in [-0.39, 0.29) is 18.3 Å². The minimum Gasteiger partial charge on any atom is -0.454 e. The summed E-state index contributed by atoms with van der Waals surface area (Å²) >= 11 is 2.79. The molecule has 5 rings (SSSR count). The van der Waals surface area contributed by atoms with E-state index in [1.807, 2.05) is 55.6 Å². The Kier molecular flexibility index (Phi) is 5.29. The van der Waals surface area contributed by atoms with Crippen LogP contribution in [0.4, 0.5) is 0 Å². The van der Waals surface area contributed by atoms with Crippen LogP contribution in [0.1, 0.15) is 27.3 Å². The summed E-state index contributed by atoms with van der Waals surface area (Å²) in [6.07, 6.45) is 0. The van der Waals surface area contributed by atoms with Crippen LogP contribution in [0.5, 0.6) is 11.5 Å². The van der Waals surface area contributed by atoms with Gasteiger partial charge in [-0.05, 0) is 49.1 Å². The van der Waals surface area contributed by atoms with Crippen LogP contribution >= 0.6 is 23.1 Å². The van der Waals surface area contributed by atoms with Crippen molar-refractivity contribution in [3.05, 3.63) is 64.3 Å². The molecule has 3 aromatic heterocycles. The van der Waals surface area contributed by atoms with Gasteiger partial charge in [-0.15, -0.1) is 21.5 Å². The van der Waals surface area contributed by atoms with Gasteiger partial charge in [-0.1, -0.05) is 23.9 Å². The molecular formula is C22H19N3O4S2. The van der Waals surface area contributed by atoms with Crippen molar-refractivity contribution in [1.82, 2.24) is 14.8 Å². The molecule has 0 spiro atoms.